The Kier molecular flexibility index (Phi) is 6.59. The molecule has 4 nitrogen and oxygen atoms in total. The van der Waals surface area contributed by atoms with Crippen molar-refractivity contribution in [2.24, 2.45) is 5.92 Å². The first-order valence-electron chi connectivity index (χ1n) is 8.36. The zero-order valence-electron chi connectivity index (χ0n) is 14.4. The number of Topliss-reactive ketones (excluding diaryl/α,β-unsaturated/α-hetero) is 1. The van der Waals surface area contributed by atoms with E-state index >= 15 is 0 Å². The lowest BCUT2D eigenvalue weighted by Gasteiger charge is -2.12. The summed E-state index contributed by atoms with van der Waals surface area (Å²) < 4.78 is 0. The number of benzene rings is 2. The minimum atomic E-state index is -0.460. The summed E-state index contributed by atoms with van der Waals surface area (Å²) >= 11 is 5.77. The minimum absolute atomic E-state index is 0.0498. The van der Waals surface area contributed by atoms with Gasteiger partial charge in [0.25, 0.3) is 5.91 Å². The minimum Gasteiger partial charge on any atom is -0.507 e. The Morgan fingerprint density at radius 1 is 1.20 bits per heavy atom. The molecule has 2 rings (SSSR count). The topological polar surface area (TPSA) is 66.4 Å². The van der Waals surface area contributed by atoms with Crippen molar-refractivity contribution in [3.63, 3.8) is 0 Å². The number of phenols is 1. The van der Waals surface area contributed by atoms with Crippen LogP contribution in [-0.2, 0) is 0 Å². The summed E-state index contributed by atoms with van der Waals surface area (Å²) in [5.74, 6) is -0.631. The number of hydrogen-bond donors (Lipinski definition) is 2. The maximum Gasteiger partial charge on any atom is 0.259 e. The number of carbonyl (C=O) groups is 2. The summed E-state index contributed by atoms with van der Waals surface area (Å²) in [6, 6.07) is 11.2. The number of ketones is 1. The molecule has 0 saturated heterocycles. The molecule has 0 spiro atoms. The Labute approximate surface area is 152 Å². The zero-order valence-corrected chi connectivity index (χ0v) is 15.1. The van der Waals surface area contributed by atoms with Crippen LogP contribution in [0, 0.1) is 5.92 Å². The molecular weight excluding hydrogens is 338 g/mol. The third-order valence-electron chi connectivity index (χ3n) is 4.05. The predicted molar refractivity (Wildman–Crippen MR) is 101 cm³/mol. The van der Waals surface area contributed by atoms with Crippen molar-refractivity contribution in [2.45, 2.75) is 33.1 Å². The lowest BCUT2D eigenvalue weighted by molar-refractivity contribution is 0.0921. The highest BCUT2D eigenvalue weighted by molar-refractivity contribution is 6.31. The summed E-state index contributed by atoms with van der Waals surface area (Å²) in [7, 11) is 0. The first kappa shape index (κ1) is 19.0. The molecule has 0 aromatic heterocycles. The molecular formula is C20H22ClNO3. The van der Waals surface area contributed by atoms with Gasteiger partial charge in [-0.2, -0.15) is 0 Å². The summed E-state index contributed by atoms with van der Waals surface area (Å²) in [6.45, 7) is 4.02. The van der Waals surface area contributed by atoms with Gasteiger partial charge in [0.15, 0.2) is 5.78 Å². The average molecular weight is 360 g/mol. The number of rotatable bonds is 7. The van der Waals surface area contributed by atoms with Crippen LogP contribution in [0.25, 0.3) is 0 Å². The standard InChI is InChI=1S/C20H22ClNO3/c1-3-4-6-13(2)19(24)14-7-5-8-16(11-14)22-20(25)17-10-9-15(21)12-18(17)23/h5,7-13,23H,3-4,6H2,1-2H3,(H,22,25). The average Bonchev–Trinajstić information content (AvgIpc) is 2.59. The second-order valence-electron chi connectivity index (χ2n) is 6.10. The van der Waals surface area contributed by atoms with E-state index in [4.69, 9.17) is 11.6 Å². The van der Waals surface area contributed by atoms with Gasteiger partial charge in [-0.15, -0.1) is 0 Å². The van der Waals surface area contributed by atoms with E-state index < -0.39 is 5.91 Å². The molecule has 132 valence electrons. The number of unbranched alkanes of at least 4 members (excludes halogenated alkanes) is 1. The van der Waals surface area contributed by atoms with E-state index in [2.05, 4.69) is 12.2 Å². The van der Waals surface area contributed by atoms with Gasteiger partial charge in [0, 0.05) is 22.2 Å². The van der Waals surface area contributed by atoms with Gasteiger partial charge in [-0.1, -0.05) is 50.4 Å². The van der Waals surface area contributed by atoms with Gasteiger partial charge in [0.05, 0.1) is 5.56 Å². The molecule has 0 heterocycles. The number of phenolic OH excluding ortho intramolecular Hbond substituents is 1. The van der Waals surface area contributed by atoms with Crippen molar-refractivity contribution >= 4 is 29.0 Å². The van der Waals surface area contributed by atoms with Crippen molar-refractivity contribution in [3.8, 4) is 5.75 Å². The maximum absolute atomic E-state index is 12.5. The molecule has 2 aromatic carbocycles. The second kappa shape index (κ2) is 8.67. The largest absolute Gasteiger partial charge is 0.507 e. The monoisotopic (exact) mass is 359 g/mol. The van der Waals surface area contributed by atoms with E-state index in [1.165, 1.54) is 18.2 Å². The predicted octanol–water partition coefficient (Wildman–Crippen LogP) is 5.31. The van der Waals surface area contributed by atoms with E-state index in [1.807, 2.05) is 6.92 Å². The summed E-state index contributed by atoms with van der Waals surface area (Å²) in [6.07, 6.45) is 2.92. The van der Waals surface area contributed by atoms with E-state index in [-0.39, 0.29) is 23.0 Å². The van der Waals surface area contributed by atoms with Crippen LogP contribution in [0.3, 0.4) is 0 Å². The number of nitrogens with one attached hydrogen (secondary N) is 1. The number of anilines is 1. The van der Waals surface area contributed by atoms with Crippen LogP contribution in [0.5, 0.6) is 5.75 Å². The number of amides is 1. The molecule has 1 unspecified atom stereocenters. The first-order chi connectivity index (χ1) is 11.9. The third kappa shape index (κ3) is 5.07. The molecule has 0 aliphatic rings. The molecule has 5 heteroatoms. The van der Waals surface area contributed by atoms with Crippen LogP contribution in [-0.4, -0.2) is 16.8 Å². The van der Waals surface area contributed by atoms with Crippen LogP contribution in [0.4, 0.5) is 5.69 Å². The summed E-state index contributed by atoms with van der Waals surface area (Å²) in [5.41, 5.74) is 1.20. The molecule has 0 saturated carbocycles. The second-order valence-corrected chi connectivity index (χ2v) is 6.54. The van der Waals surface area contributed by atoms with Crippen LogP contribution in [0.1, 0.15) is 53.8 Å². The lowest BCUT2D eigenvalue weighted by atomic mass is 9.94. The SMILES string of the molecule is CCCCC(C)C(=O)c1cccc(NC(=O)c2ccc(Cl)cc2O)c1. The molecule has 1 atom stereocenters. The molecule has 0 aliphatic heterocycles. The van der Waals surface area contributed by atoms with E-state index in [9.17, 15) is 14.7 Å². The first-order valence-corrected chi connectivity index (χ1v) is 8.74. The molecule has 0 fully saturated rings. The van der Waals surface area contributed by atoms with Crippen molar-refractivity contribution in [1.82, 2.24) is 0 Å². The lowest BCUT2D eigenvalue weighted by Crippen LogP contribution is -2.14. The normalized spacial score (nSPS) is 11.8. The van der Waals surface area contributed by atoms with Gasteiger partial charge in [0.2, 0.25) is 0 Å². The zero-order chi connectivity index (χ0) is 18.4. The Morgan fingerprint density at radius 3 is 2.64 bits per heavy atom. The highest BCUT2D eigenvalue weighted by Gasteiger charge is 2.16. The fourth-order valence-corrected chi connectivity index (χ4v) is 2.74. The number of hydrogen-bond acceptors (Lipinski definition) is 3. The molecule has 2 aromatic rings. The Hall–Kier alpha value is -2.33. The van der Waals surface area contributed by atoms with Gasteiger partial charge in [-0.05, 0) is 36.8 Å². The number of aromatic hydroxyl groups is 1. The summed E-state index contributed by atoms with van der Waals surface area (Å²) in [4.78, 5) is 24.8. The van der Waals surface area contributed by atoms with Gasteiger partial charge in [0.1, 0.15) is 5.75 Å². The summed E-state index contributed by atoms with van der Waals surface area (Å²) in [5, 5.41) is 12.9. The maximum atomic E-state index is 12.5. The highest BCUT2D eigenvalue weighted by Crippen LogP contribution is 2.24. The van der Waals surface area contributed by atoms with Gasteiger partial charge < -0.3 is 10.4 Å². The Balaban J connectivity index is 2.13. The third-order valence-corrected chi connectivity index (χ3v) is 4.28. The van der Waals surface area contributed by atoms with E-state index in [0.717, 1.165) is 19.3 Å². The number of halogens is 1. The van der Waals surface area contributed by atoms with Crippen molar-refractivity contribution in [1.29, 1.82) is 0 Å². The van der Waals surface area contributed by atoms with Crippen molar-refractivity contribution < 1.29 is 14.7 Å². The van der Waals surface area contributed by atoms with Gasteiger partial charge in [-0.25, -0.2) is 0 Å². The fraction of sp³-hybridized carbons (Fsp3) is 0.300. The molecule has 0 aliphatic carbocycles. The Bertz CT molecular complexity index is 773. The quantitative estimate of drug-likeness (QED) is 0.658. The molecule has 2 N–H and O–H groups in total. The van der Waals surface area contributed by atoms with Gasteiger partial charge >= 0.3 is 0 Å². The number of carbonyl (C=O) groups excluding carboxylic acids is 2. The van der Waals surface area contributed by atoms with Crippen LogP contribution >= 0.6 is 11.6 Å². The smallest absolute Gasteiger partial charge is 0.259 e. The van der Waals surface area contributed by atoms with Crippen molar-refractivity contribution in [2.75, 3.05) is 5.32 Å². The molecule has 1 amide bonds. The van der Waals surface area contributed by atoms with Crippen LogP contribution < -0.4 is 5.32 Å². The molecule has 0 radical (unpaired) electrons. The van der Waals surface area contributed by atoms with Crippen molar-refractivity contribution in [3.05, 3.63) is 58.6 Å². The van der Waals surface area contributed by atoms with Gasteiger partial charge in [-0.3, -0.25) is 9.59 Å². The fourth-order valence-electron chi connectivity index (χ4n) is 2.57. The molecule has 0 bridgehead atoms. The van der Waals surface area contributed by atoms with Crippen LogP contribution in [0.2, 0.25) is 5.02 Å². The Morgan fingerprint density at radius 2 is 1.96 bits per heavy atom. The highest BCUT2D eigenvalue weighted by atomic mass is 35.5. The molecule has 25 heavy (non-hydrogen) atoms. The van der Waals surface area contributed by atoms with E-state index in [0.29, 0.717) is 16.3 Å². The van der Waals surface area contributed by atoms with E-state index in [1.54, 1.807) is 24.3 Å². The van der Waals surface area contributed by atoms with Crippen LogP contribution in [0.15, 0.2) is 42.5 Å².